The molecular formula is C18H22N2O3S. The van der Waals surface area contributed by atoms with E-state index >= 15 is 0 Å². The Bertz CT molecular complexity index is 673. The summed E-state index contributed by atoms with van der Waals surface area (Å²) in [5, 5.41) is 7.54. The molecule has 0 radical (unpaired) electrons. The van der Waals surface area contributed by atoms with Crippen LogP contribution in [-0.2, 0) is 11.2 Å². The van der Waals surface area contributed by atoms with Crippen molar-refractivity contribution in [3.8, 4) is 0 Å². The van der Waals surface area contributed by atoms with E-state index in [2.05, 4.69) is 10.6 Å². The Morgan fingerprint density at radius 1 is 1.12 bits per heavy atom. The van der Waals surface area contributed by atoms with Crippen LogP contribution < -0.4 is 10.6 Å². The predicted octanol–water partition coefficient (Wildman–Crippen LogP) is 4.07. The molecule has 0 fully saturated rings. The van der Waals surface area contributed by atoms with E-state index in [9.17, 15) is 9.59 Å². The Balaban J connectivity index is 1.82. The van der Waals surface area contributed by atoms with Crippen LogP contribution in [0.4, 0.5) is 10.5 Å². The van der Waals surface area contributed by atoms with E-state index in [1.54, 1.807) is 56.4 Å². The minimum Gasteiger partial charge on any atom is -0.444 e. The van der Waals surface area contributed by atoms with Crippen molar-refractivity contribution in [1.82, 2.24) is 5.32 Å². The zero-order valence-corrected chi connectivity index (χ0v) is 14.9. The molecule has 1 aromatic carbocycles. The molecule has 0 saturated heterocycles. The van der Waals surface area contributed by atoms with Gasteiger partial charge in [-0.15, -0.1) is 11.3 Å². The second-order valence-electron chi connectivity index (χ2n) is 6.29. The van der Waals surface area contributed by atoms with Gasteiger partial charge in [0.1, 0.15) is 5.60 Å². The molecule has 24 heavy (non-hydrogen) atoms. The quantitative estimate of drug-likeness (QED) is 0.857. The summed E-state index contributed by atoms with van der Waals surface area (Å²) in [7, 11) is 0. The molecule has 5 nitrogen and oxygen atoms in total. The Kier molecular flexibility index (Phi) is 5.98. The maximum Gasteiger partial charge on any atom is 0.412 e. The number of nitrogens with one attached hydrogen (secondary N) is 2. The van der Waals surface area contributed by atoms with Crippen molar-refractivity contribution in [2.45, 2.75) is 32.8 Å². The highest BCUT2D eigenvalue weighted by atomic mass is 32.1. The maximum atomic E-state index is 12.1. The molecule has 1 aromatic heterocycles. The van der Waals surface area contributed by atoms with Crippen LogP contribution in [0, 0.1) is 0 Å². The van der Waals surface area contributed by atoms with Gasteiger partial charge in [0.05, 0.1) is 0 Å². The number of carbonyl (C=O) groups is 2. The molecule has 6 heteroatoms. The summed E-state index contributed by atoms with van der Waals surface area (Å²) in [6.07, 6.45) is 0.303. The molecule has 0 saturated carbocycles. The average molecular weight is 346 g/mol. The number of ether oxygens (including phenoxy) is 1. The van der Waals surface area contributed by atoms with Crippen LogP contribution >= 0.6 is 11.3 Å². The molecule has 0 bridgehead atoms. The topological polar surface area (TPSA) is 67.4 Å². The van der Waals surface area contributed by atoms with Gasteiger partial charge in [-0.3, -0.25) is 10.1 Å². The average Bonchev–Trinajstić information content (AvgIpc) is 2.99. The van der Waals surface area contributed by atoms with Crippen molar-refractivity contribution in [2.75, 3.05) is 11.9 Å². The molecule has 0 aliphatic carbocycles. The number of anilines is 1. The lowest BCUT2D eigenvalue weighted by Gasteiger charge is -2.19. The number of carbonyl (C=O) groups excluding carboxylic acids is 2. The summed E-state index contributed by atoms with van der Waals surface area (Å²) in [6.45, 7) is 6.00. The predicted molar refractivity (Wildman–Crippen MR) is 96.7 cm³/mol. The molecule has 1 heterocycles. The monoisotopic (exact) mass is 346 g/mol. The fourth-order valence-electron chi connectivity index (χ4n) is 1.98. The van der Waals surface area contributed by atoms with Gasteiger partial charge < -0.3 is 10.1 Å². The van der Waals surface area contributed by atoms with Crippen molar-refractivity contribution in [1.29, 1.82) is 0 Å². The highest BCUT2D eigenvalue weighted by Crippen LogP contribution is 2.13. The van der Waals surface area contributed by atoms with E-state index in [4.69, 9.17) is 4.74 Å². The number of rotatable bonds is 5. The molecule has 0 atom stereocenters. The molecule has 128 valence electrons. The normalized spacial score (nSPS) is 11.0. The van der Waals surface area contributed by atoms with Crippen LogP contribution in [0.3, 0.4) is 0 Å². The van der Waals surface area contributed by atoms with Crippen LogP contribution in [-0.4, -0.2) is 24.1 Å². The highest BCUT2D eigenvalue weighted by Gasteiger charge is 2.16. The zero-order chi connectivity index (χ0) is 17.6. The largest absolute Gasteiger partial charge is 0.444 e. The van der Waals surface area contributed by atoms with Crippen LogP contribution in [0.1, 0.15) is 36.0 Å². The fraction of sp³-hybridized carbons (Fsp3) is 0.333. The van der Waals surface area contributed by atoms with Gasteiger partial charge in [-0.1, -0.05) is 6.07 Å². The summed E-state index contributed by atoms with van der Waals surface area (Å²) in [5.74, 6) is -0.129. The van der Waals surface area contributed by atoms with E-state index in [1.165, 1.54) is 4.88 Å². The smallest absolute Gasteiger partial charge is 0.412 e. The van der Waals surface area contributed by atoms with Crippen molar-refractivity contribution in [3.05, 3.63) is 52.2 Å². The van der Waals surface area contributed by atoms with E-state index in [0.717, 1.165) is 6.42 Å². The highest BCUT2D eigenvalue weighted by molar-refractivity contribution is 7.09. The lowest BCUT2D eigenvalue weighted by Crippen LogP contribution is -2.27. The van der Waals surface area contributed by atoms with Crippen LogP contribution in [0.15, 0.2) is 41.8 Å². The first-order valence-corrected chi connectivity index (χ1v) is 8.62. The first-order valence-electron chi connectivity index (χ1n) is 7.74. The third-order valence-corrected chi connectivity index (χ3v) is 3.97. The van der Waals surface area contributed by atoms with E-state index < -0.39 is 11.7 Å². The van der Waals surface area contributed by atoms with Crippen molar-refractivity contribution in [3.63, 3.8) is 0 Å². The van der Waals surface area contributed by atoms with Gasteiger partial charge in [-0.2, -0.15) is 0 Å². The molecular weight excluding hydrogens is 324 g/mol. The molecule has 0 unspecified atom stereocenters. The number of benzene rings is 1. The van der Waals surface area contributed by atoms with Gasteiger partial charge in [0.2, 0.25) is 0 Å². The third-order valence-electron chi connectivity index (χ3n) is 3.03. The summed E-state index contributed by atoms with van der Waals surface area (Å²) in [6, 6.07) is 10.8. The molecule has 0 aliphatic heterocycles. The lowest BCUT2D eigenvalue weighted by atomic mass is 10.2. The molecule has 0 aliphatic rings. The van der Waals surface area contributed by atoms with Gasteiger partial charge in [0.15, 0.2) is 0 Å². The minimum absolute atomic E-state index is 0.129. The molecule has 2 N–H and O–H groups in total. The van der Waals surface area contributed by atoms with Crippen molar-refractivity contribution >= 4 is 29.0 Å². The molecule has 2 aromatic rings. The van der Waals surface area contributed by atoms with Gasteiger partial charge >= 0.3 is 6.09 Å². The SMILES string of the molecule is CC(C)(C)OC(=O)Nc1ccc(C(=O)NCCc2cccs2)cc1. The second-order valence-corrected chi connectivity index (χ2v) is 7.32. The van der Waals surface area contributed by atoms with Crippen molar-refractivity contribution < 1.29 is 14.3 Å². The van der Waals surface area contributed by atoms with Gasteiger partial charge in [-0.05, 0) is 62.9 Å². The summed E-state index contributed by atoms with van der Waals surface area (Å²) in [5.41, 5.74) is 0.585. The van der Waals surface area contributed by atoms with Gasteiger partial charge in [-0.25, -0.2) is 4.79 Å². The summed E-state index contributed by atoms with van der Waals surface area (Å²) in [4.78, 5) is 25.0. The maximum absolute atomic E-state index is 12.1. The Hall–Kier alpha value is -2.34. The second kappa shape index (κ2) is 7.97. The van der Waals surface area contributed by atoms with Gasteiger partial charge in [0, 0.05) is 22.7 Å². The van der Waals surface area contributed by atoms with E-state index in [0.29, 0.717) is 17.8 Å². The van der Waals surface area contributed by atoms with Crippen LogP contribution in [0.2, 0.25) is 0 Å². The summed E-state index contributed by atoms with van der Waals surface area (Å²) < 4.78 is 5.18. The Morgan fingerprint density at radius 3 is 2.42 bits per heavy atom. The fourth-order valence-corrected chi connectivity index (χ4v) is 2.69. The molecule has 0 spiro atoms. The Morgan fingerprint density at radius 2 is 1.83 bits per heavy atom. The first-order chi connectivity index (χ1) is 11.3. The number of hydrogen-bond acceptors (Lipinski definition) is 4. The van der Waals surface area contributed by atoms with Crippen LogP contribution in [0.25, 0.3) is 0 Å². The standard InChI is InChI=1S/C18H22N2O3S/c1-18(2,3)23-17(22)20-14-8-6-13(7-9-14)16(21)19-11-10-15-5-4-12-24-15/h4-9,12H,10-11H2,1-3H3,(H,19,21)(H,20,22). The van der Waals surface area contributed by atoms with Crippen molar-refractivity contribution in [2.24, 2.45) is 0 Å². The van der Waals surface area contributed by atoms with E-state index in [1.807, 2.05) is 17.5 Å². The summed E-state index contributed by atoms with van der Waals surface area (Å²) >= 11 is 1.68. The lowest BCUT2D eigenvalue weighted by molar-refractivity contribution is 0.0635. The number of amides is 2. The third kappa shape index (κ3) is 6.04. The first kappa shape index (κ1) is 18.0. The molecule has 2 rings (SSSR count). The number of hydrogen-bond donors (Lipinski definition) is 2. The van der Waals surface area contributed by atoms with Crippen LogP contribution in [0.5, 0.6) is 0 Å². The van der Waals surface area contributed by atoms with Gasteiger partial charge in [0.25, 0.3) is 5.91 Å². The van der Waals surface area contributed by atoms with E-state index in [-0.39, 0.29) is 5.91 Å². The zero-order valence-electron chi connectivity index (χ0n) is 14.1. The molecule has 2 amide bonds. The number of thiophene rings is 1. The Labute approximate surface area is 146 Å². The minimum atomic E-state index is -0.549.